The summed E-state index contributed by atoms with van der Waals surface area (Å²) in [5, 5.41) is 0. The summed E-state index contributed by atoms with van der Waals surface area (Å²) in [6, 6.07) is 7.99. The maximum atomic E-state index is 12.4. The van der Waals surface area contributed by atoms with Crippen LogP contribution in [-0.4, -0.2) is 34.3 Å². The molecule has 1 aromatic carbocycles. The van der Waals surface area contributed by atoms with Gasteiger partial charge in [0.1, 0.15) is 0 Å². The van der Waals surface area contributed by atoms with E-state index in [4.69, 9.17) is 0 Å². The van der Waals surface area contributed by atoms with Gasteiger partial charge in [-0.15, -0.1) is 0 Å². The van der Waals surface area contributed by atoms with E-state index in [1.807, 2.05) is 18.2 Å². The normalized spacial score (nSPS) is 14.4. The van der Waals surface area contributed by atoms with Crippen LogP contribution in [0.5, 0.6) is 0 Å². The zero-order chi connectivity index (χ0) is 13.2. The molecular weight excluding hydrogens is 260 g/mol. The topological polar surface area (TPSA) is 49.3 Å². The van der Waals surface area contributed by atoms with Crippen molar-refractivity contribution in [3.05, 3.63) is 36.2 Å². The lowest BCUT2D eigenvalue weighted by molar-refractivity contribution is 0.0982. The molecule has 0 N–H and O–H groups in total. The average Bonchev–Trinajstić information content (AvgIpc) is 2.99. The van der Waals surface area contributed by atoms with Gasteiger partial charge in [-0.1, -0.05) is 12.1 Å². The van der Waals surface area contributed by atoms with Gasteiger partial charge in [0.25, 0.3) is 5.91 Å². The second-order valence-corrected chi connectivity index (χ2v) is 4.87. The van der Waals surface area contributed by atoms with E-state index in [1.54, 1.807) is 4.90 Å². The summed E-state index contributed by atoms with van der Waals surface area (Å²) in [5.41, 5.74) is 2.48. The zero-order valence-electron chi connectivity index (χ0n) is 10.6. The number of anilines is 2. The number of hydrogen-bond donors (Lipinski definition) is 0. The lowest BCUT2D eigenvalue weighted by atomic mass is 10.1. The number of likely N-dealkylation sites (N-methyl/N-ethyl adjacent to an activating group) is 1. The molecule has 0 bridgehead atoms. The van der Waals surface area contributed by atoms with Gasteiger partial charge < -0.3 is 9.80 Å². The molecule has 0 radical (unpaired) electrons. The Balaban J connectivity index is 1.98. The Morgan fingerprint density at radius 3 is 2.79 bits per heavy atom. The summed E-state index contributed by atoms with van der Waals surface area (Å²) in [6.07, 6.45) is 1.53. The molecule has 1 amide bonds. The van der Waals surface area contributed by atoms with Gasteiger partial charge in [0, 0.05) is 19.6 Å². The van der Waals surface area contributed by atoms with Crippen molar-refractivity contribution in [2.75, 3.05) is 29.4 Å². The van der Waals surface area contributed by atoms with Gasteiger partial charge >= 0.3 is 0 Å². The number of para-hydroxylation sites is 2. The quantitative estimate of drug-likeness (QED) is 0.840. The lowest BCUT2D eigenvalue weighted by Crippen LogP contribution is -2.44. The molecule has 0 spiro atoms. The number of carbonyl (C=O) groups excluding carboxylic acids is 1. The maximum absolute atomic E-state index is 12.4. The molecule has 1 aromatic heterocycles. The van der Waals surface area contributed by atoms with Gasteiger partial charge in [-0.2, -0.15) is 8.75 Å². The highest BCUT2D eigenvalue weighted by atomic mass is 32.1. The van der Waals surface area contributed by atoms with Crippen LogP contribution >= 0.6 is 11.7 Å². The minimum atomic E-state index is -0.0723. The molecule has 0 saturated heterocycles. The van der Waals surface area contributed by atoms with Crippen LogP contribution in [0.15, 0.2) is 30.5 Å². The molecule has 2 aromatic rings. The SMILES string of the molecule is CCN1CCN(C(=O)c2cnsn2)c2ccccc21. The zero-order valence-corrected chi connectivity index (χ0v) is 11.4. The molecule has 0 aliphatic carbocycles. The number of hydrogen-bond acceptors (Lipinski definition) is 5. The van der Waals surface area contributed by atoms with Crippen LogP contribution in [0.2, 0.25) is 0 Å². The monoisotopic (exact) mass is 274 g/mol. The van der Waals surface area contributed by atoms with Crippen molar-refractivity contribution in [2.45, 2.75) is 6.92 Å². The first-order valence-corrected chi connectivity index (χ1v) is 6.97. The van der Waals surface area contributed by atoms with Crippen LogP contribution in [-0.2, 0) is 0 Å². The second-order valence-electron chi connectivity index (χ2n) is 4.32. The molecule has 1 aliphatic rings. The van der Waals surface area contributed by atoms with E-state index in [-0.39, 0.29) is 5.91 Å². The van der Waals surface area contributed by atoms with Gasteiger partial charge in [-0.25, -0.2) is 0 Å². The fraction of sp³-hybridized carbons (Fsp3) is 0.308. The highest BCUT2D eigenvalue weighted by Crippen LogP contribution is 2.33. The standard InChI is InChI=1S/C13H14N4OS/c1-2-16-7-8-17(12-6-4-3-5-11(12)16)13(18)10-9-14-19-15-10/h3-6,9H,2,7-8H2,1H3. The van der Waals surface area contributed by atoms with Crippen LogP contribution in [0.4, 0.5) is 11.4 Å². The predicted octanol–water partition coefficient (Wildman–Crippen LogP) is 2.02. The van der Waals surface area contributed by atoms with Crippen LogP contribution < -0.4 is 9.80 Å². The highest BCUT2D eigenvalue weighted by molar-refractivity contribution is 6.99. The summed E-state index contributed by atoms with van der Waals surface area (Å²) in [5.74, 6) is -0.0723. The number of rotatable bonds is 2. The van der Waals surface area contributed by atoms with E-state index in [9.17, 15) is 4.79 Å². The second kappa shape index (κ2) is 4.97. The summed E-state index contributed by atoms with van der Waals surface area (Å²) in [4.78, 5) is 16.5. The molecule has 0 saturated carbocycles. The Morgan fingerprint density at radius 1 is 1.32 bits per heavy atom. The third kappa shape index (κ3) is 2.08. The first kappa shape index (κ1) is 12.1. The maximum Gasteiger partial charge on any atom is 0.279 e. The number of nitrogens with zero attached hydrogens (tertiary/aromatic N) is 4. The summed E-state index contributed by atoms with van der Waals surface area (Å²) in [7, 11) is 0. The average molecular weight is 274 g/mol. The van der Waals surface area contributed by atoms with E-state index in [0.29, 0.717) is 12.2 Å². The van der Waals surface area contributed by atoms with Gasteiger partial charge in [-0.3, -0.25) is 4.79 Å². The van der Waals surface area contributed by atoms with Gasteiger partial charge in [0.15, 0.2) is 5.69 Å². The number of carbonyl (C=O) groups is 1. The van der Waals surface area contributed by atoms with Crippen molar-refractivity contribution in [3.8, 4) is 0 Å². The number of benzene rings is 1. The van der Waals surface area contributed by atoms with Crippen LogP contribution in [0, 0.1) is 0 Å². The van der Waals surface area contributed by atoms with Crippen molar-refractivity contribution < 1.29 is 4.79 Å². The van der Waals surface area contributed by atoms with Gasteiger partial charge in [0.2, 0.25) is 0 Å². The Bertz CT molecular complexity index is 584. The first-order valence-electron chi connectivity index (χ1n) is 6.24. The highest BCUT2D eigenvalue weighted by Gasteiger charge is 2.27. The van der Waals surface area contributed by atoms with E-state index < -0.39 is 0 Å². The summed E-state index contributed by atoms with van der Waals surface area (Å²) >= 11 is 1.06. The van der Waals surface area contributed by atoms with Crippen LogP contribution in [0.3, 0.4) is 0 Å². The molecular formula is C13H14N4OS. The Hall–Kier alpha value is -1.95. The van der Waals surface area contributed by atoms with E-state index in [0.717, 1.165) is 36.2 Å². The minimum Gasteiger partial charge on any atom is -0.368 e. The molecule has 6 heteroatoms. The van der Waals surface area contributed by atoms with Crippen molar-refractivity contribution in [3.63, 3.8) is 0 Å². The van der Waals surface area contributed by atoms with E-state index in [1.165, 1.54) is 6.20 Å². The minimum absolute atomic E-state index is 0.0723. The molecule has 0 unspecified atom stereocenters. The van der Waals surface area contributed by atoms with Crippen molar-refractivity contribution in [2.24, 2.45) is 0 Å². The largest absolute Gasteiger partial charge is 0.368 e. The Labute approximate surface area is 115 Å². The summed E-state index contributed by atoms with van der Waals surface area (Å²) in [6.45, 7) is 4.59. The smallest absolute Gasteiger partial charge is 0.279 e. The molecule has 3 rings (SSSR count). The molecule has 98 valence electrons. The third-order valence-electron chi connectivity index (χ3n) is 3.31. The molecule has 1 aliphatic heterocycles. The lowest BCUT2D eigenvalue weighted by Gasteiger charge is -2.36. The molecule has 0 fully saturated rings. The van der Waals surface area contributed by atoms with Crippen LogP contribution in [0.1, 0.15) is 17.4 Å². The van der Waals surface area contributed by atoms with Crippen molar-refractivity contribution in [1.82, 2.24) is 8.75 Å². The Kier molecular flexibility index (Phi) is 3.16. The van der Waals surface area contributed by atoms with Crippen molar-refractivity contribution in [1.29, 1.82) is 0 Å². The summed E-state index contributed by atoms with van der Waals surface area (Å²) < 4.78 is 7.93. The number of aromatic nitrogens is 2. The van der Waals surface area contributed by atoms with E-state index in [2.05, 4.69) is 26.6 Å². The Morgan fingerprint density at radius 2 is 2.11 bits per heavy atom. The van der Waals surface area contributed by atoms with Crippen LogP contribution in [0.25, 0.3) is 0 Å². The molecule has 19 heavy (non-hydrogen) atoms. The number of amides is 1. The fourth-order valence-corrected chi connectivity index (χ4v) is 2.77. The third-order valence-corrected chi connectivity index (χ3v) is 3.79. The van der Waals surface area contributed by atoms with Crippen molar-refractivity contribution >= 4 is 29.0 Å². The molecule has 2 heterocycles. The van der Waals surface area contributed by atoms with Gasteiger partial charge in [-0.05, 0) is 19.1 Å². The first-order chi connectivity index (χ1) is 9.31. The predicted molar refractivity (Wildman–Crippen MR) is 75.9 cm³/mol. The van der Waals surface area contributed by atoms with Gasteiger partial charge in [0.05, 0.1) is 29.3 Å². The fourth-order valence-electron chi connectivity index (χ4n) is 2.36. The number of fused-ring (bicyclic) bond motifs is 1. The molecule has 0 atom stereocenters. The van der Waals surface area contributed by atoms with E-state index >= 15 is 0 Å². The molecule has 5 nitrogen and oxygen atoms in total.